The van der Waals surface area contributed by atoms with Crippen molar-refractivity contribution in [3.8, 4) is 0 Å². The average Bonchev–Trinajstić information content (AvgIpc) is 2.24. The predicted molar refractivity (Wildman–Crippen MR) is 58.7 cm³/mol. The molecule has 1 amide bonds. The van der Waals surface area contributed by atoms with Gasteiger partial charge in [-0.3, -0.25) is 4.79 Å². The summed E-state index contributed by atoms with van der Waals surface area (Å²) < 4.78 is 38.2. The van der Waals surface area contributed by atoms with Gasteiger partial charge in [0, 0.05) is 17.8 Å². The SMILES string of the molecule is CCCNc1ccc(C(N)=O)cc1C(F)(F)F. The molecule has 0 aliphatic carbocycles. The lowest BCUT2D eigenvalue weighted by molar-refractivity contribution is -0.137. The third kappa shape index (κ3) is 3.37. The van der Waals surface area contributed by atoms with Crippen LogP contribution in [0.5, 0.6) is 0 Å². The molecule has 0 unspecified atom stereocenters. The number of alkyl halides is 3. The number of benzene rings is 1. The Morgan fingerprint density at radius 1 is 1.41 bits per heavy atom. The standard InChI is InChI=1S/C11H13F3N2O/c1-2-5-16-9-4-3-7(10(15)17)6-8(9)11(12,13)14/h3-4,6,16H,2,5H2,1H3,(H2,15,17). The van der Waals surface area contributed by atoms with Crippen molar-refractivity contribution in [3.63, 3.8) is 0 Å². The van der Waals surface area contributed by atoms with Crippen LogP contribution < -0.4 is 11.1 Å². The van der Waals surface area contributed by atoms with Gasteiger partial charge < -0.3 is 11.1 Å². The van der Waals surface area contributed by atoms with E-state index >= 15 is 0 Å². The summed E-state index contributed by atoms with van der Waals surface area (Å²) in [5, 5.41) is 2.66. The van der Waals surface area contributed by atoms with Crippen molar-refractivity contribution in [2.24, 2.45) is 5.73 Å². The van der Waals surface area contributed by atoms with E-state index in [1.54, 1.807) is 0 Å². The summed E-state index contributed by atoms with van der Waals surface area (Å²) in [7, 11) is 0. The van der Waals surface area contributed by atoms with Crippen LogP contribution in [0.1, 0.15) is 29.3 Å². The molecule has 0 saturated carbocycles. The molecule has 94 valence electrons. The van der Waals surface area contributed by atoms with Crippen molar-refractivity contribution in [1.29, 1.82) is 0 Å². The lowest BCUT2D eigenvalue weighted by Gasteiger charge is -2.14. The average molecular weight is 246 g/mol. The fraction of sp³-hybridized carbons (Fsp3) is 0.364. The van der Waals surface area contributed by atoms with Crippen molar-refractivity contribution >= 4 is 11.6 Å². The van der Waals surface area contributed by atoms with Gasteiger partial charge in [0.15, 0.2) is 0 Å². The third-order valence-electron chi connectivity index (χ3n) is 2.17. The highest BCUT2D eigenvalue weighted by atomic mass is 19.4. The molecular weight excluding hydrogens is 233 g/mol. The molecule has 1 aromatic carbocycles. The summed E-state index contributed by atoms with van der Waals surface area (Å²) >= 11 is 0. The number of rotatable bonds is 4. The van der Waals surface area contributed by atoms with E-state index in [1.165, 1.54) is 12.1 Å². The van der Waals surface area contributed by atoms with Gasteiger partial charge in [-0.05, 0) is 24.6 Å². The van der Waals surface area contributed by atoms with E-state index in [9.17, 15) is 18.0 Å². The van der Waals surface area contributed by atoms with Gasteiger partial charge in [0.25, 0.3) is 0 Å². The van der Waals surface area contributed by atoms with E-state index < -0.39 is 17.6 Å². The summed E-state index contributed by atoms with van der Waals surface area (Å²) in [4.78, 5) is 10.8. The zero-order valence-electron chi connectivity index (χ0n) is 9.27. The topological polar surface area (TPSA) is 55.1 Å². The van der Waals surface area contributed by atoms with E-state index in [2.05, 4.69) is 5.32 Å². The van der Waals surface area contributed by atoms with Crippen molar-refractivity contribution in [3.05, 3.63) is 29.3 Å². The minimum Gasteiger partial charge on any atom is -0.385 e. The molecule has 1 rings (SSSR count). The number of amides is 1. The molecule has 0 heterocycles. The number of nitrogens with two attached hydrogens (primary N) is 1. The van der Waals surface area contributed by atoms with Crippen LogP contribution in [0.4, 0.5) is 18.9 Å². The van der Waals surface area contributed by atoms with Crippen molar-refractivity contribution < 1.29 is 18.0 Å². The Bertz CT molecular complexity index is 416. The molecule has 0 atom stereocenters. The highest BCUT2D eigenvalue weighted by Crippen LogP contribution is 2.35. The largest absolute Gasteiger partial charge is 0.418 e. The second kappa shape index (κ2) is 5.07. The Labute approximate surface area is 96.8 Å². The first-order valence-electron chi connectivity index (χ1n) is 5.11. The molecule has 0 bridgehead atoms. The smallest absolute Gasteiger partial charge is 0.385 e. The van der Waals surface area contributed by atoms with Crippen LogP contribution in [-0.2, 0) is 6.18 Å². The van der Waals surface area contributed by atoms with Crippen LogP contribution in [0.3, 0.4) is 0 Å². The molecule has 0 aliphatic heterocycles. The molecule has 0 spiro atoms. The summed E-state index contributed by atoms with van der Waals surface area (Å²) in [5.41, 5.74) is 3.89. The van der Waals surface area contributed by atoms with Crippen LogP contribution in [0, 0.1) is 0 Å². The molecule has 0 saturated heterocycles. The molecule has 1 aromatic rings. The number of hydrogen-bond donors (Lipinski definition) is 2. The summed E-state index contributed by atoms with van der Waals surface area (Å²) in [6.45, 7) is 2.27. The maximum Gasteiger partial charge on any atom is 0.418 e. The maximum absolute atomic E-state index is 12.7. The highest BCUT2D eigenvalue weighted by Gasteiger charge is 2.34. The van der Waals surface area contributed by atoms with Gasteiger partial charge in [0.1, 0.15) is 0 Å². The number of anilines is 1. The second-order valence-corrected chi connectivity index (χ2v) is 3.55. The summed E-state index contributed by atoms with van der Waals surface area (Å²) in [6.07, 6.45) is -3.81. The molecule has 0 aliphatic rings. The summed E-state index contributed by atoms with van der Waals surface area (Å²) in [5.74, 6) is -0.877. The van der Waals surface area contributed by atoms with E-state index in [4.69, 9.17) is 5.73 Å². The first-order chi connectivity index (χ1) is 7.86. The van der Waals surface area contributed by atoms with E-state index in [0.717, 1.165) is 6.07 Å². The van der Waals surface area contributed by atoms with E-state index in [0.29, 0.717) is 13.0 Å². The monoisotopic (exact) mass is 246 g/mol. The maximum atomic E-state index is 12.7. The van der Waals surface area contributed by atoms with Gasteiger partial charge in [-0.25, -0.2) is 0 Å². The quantitative estimate of drug-likeness (QED) is 0.858. The highest BCUT2D eigenvalue weighted by molar-refractivity contribution is 5.93. The van der Waals surface area contributed by atoms with Crippen LogP contribution in [0.2, 0.25) is 0 Å². The molecule has 0 aromatic heterocycles. The number of carbonyl (C=O) groups is 1. The molecule has 6 heteroatoms. The zero-order chi connectivity index (χ0) is 13.1. The van der Waals surface area contributed by atoms with E-state index in [-0.39, 0.29) is 11.3 Å². The number of primary amides is 1. The predicted octanol–water partition coefficient (Wildman–Crippen LogP) is 2.63. The minimum atomic E-state index is -4.51. The van der Waals surface area contributed by atoms with Gasteiger partial charge >= 0.3 is 6.18 Å². The van der Waals surface area contributed by atoms with Gasteiger partial charge in [-0.2, -0.15) is 13.2 Å². The lowest BCUT2D eigenvalue weighted by atomic mass is 10.1. The first kappa shape index (κ1) is 13.3. The molecule has 3 nitrogen and oxygen atoms in total. The number of halogens is 3. The first-order valence-corrected chi connectivity index (χ1v) is 5.11. The molecular formula is C11H13F3N2O. The van der Waals surface area contributed by atoms with Gasteiger partial charge in [-0.15, -0.1) is 0 Å². The summed E-state index contributed by atoms with van der Waals surface area (Å²) in [6, 6.07) is 3.26. The van der Waals surface area contributed by atoms with Crippen molar-refractivity contribution in [2.45, 2.75) is 19.5 Å². The number of hydrogen-bond acceptors (Lipinski definition) is 2. The Hall–Kier alpha value is -1.72. The zero-order valence-corrected chi connectivity index (χ0v) is 9.27. The Morgan fingerprint density at radius 2 is 2.06 bits per heavy atom. The van der Waals surface area contributed by atoms with Crippen LogP contribution in [-0.4, -0.2) is 12.5 Å². The molecule has 0 radical (unpaired) electrons. The van der Waals surface area contributed by atoms with E-state index in [1.807, 2.05) is 6.92 Å². The Balaban J connectivity index is 3.17. The number of nitrogens with one attached hydrogen (secondary N) is 1. The van der Waals surface area contributed by atoms with Crippen LogP contribution in [0.15, 0.2) is 18.2 Å². The van der Waals surface area contributed by atoms with Crippen LogP contribution in [0.25, 0.3) is 0 Å². The van der Waals surface area contributed by atoms with Gasteiger partial charge in [0.05, 0.1) is 5.56 Å². The van der Waals surface area contributed by atoms with Gasteiger partial charge in [0.2, 0.25) is 5.91 Å². The lowest BCUT2D eigenvalue weighted by Crippen LogP contribution is -2.16. The van der Waals surface area contributed by atoms with Crippen molar-refractivity contribution in [2.75, 3.05) is 11.9 Å². The fourth-order valence-electron chi connectivity index (χ4n) is 1.35. The normalized spacial score (nSPS) is 11.3. The van der Waals surface area contributed by atoms with Gasteiger partial charge in [-0.1, -0.05) is 6.92 Å². The van der Waals surface area contributed by atoms with Crippen LogP contribution >= 0.6 is 0 Å². The molecule has 3 N–H and O–H groups in total. The number of carbonyl (C=O) groups excluding carboxylic acids is 1. The minimum absolute atomic E-state index is 0.0376. The Kier molecular flexibility index (Phi) is 3.98. The van der Waals surface area contributed by atoms with Crippen molar-refractivity contribution in [1.82, 2.24) is 0 Å². The molecule has 17 heavy (non-hydrogen) atoms. The second-order valence-electron chi connectivity index (χ2n) is 3.55. The molecule has 0 fully saturated rings. The Morgan fingerprint density at radius 3 is 2.53 bits per heavy atom. The fourth-order valence-corrected chi connectivity index (χ4v) is 1.35. The third-order valence-corrected chi connectivity index (χ3v) is 2.17.